The molecule has 1 aromatic carbocycles. The topological polar surface area (TPSA) is 49.3 Å². The molecule has 2 atom stereocenters. The summed E-state index contributed by atoms with van der Waals surface area (Å²) in [6, 6.07) is 5.29. The molecule has 1 fully saturated rings. The smallest absolute Gasteiger partial charge is 0.416 e. The van der Waals surface area contributed by atoms with Crippen molar-refractivity contribution in [1.82, 2.24) is 5.32 Å². The first-order valence-corrected chi connectivity index (χ1v) is 6.96. The molecule has 1 aromatic rings. The summed E-state index contributed by atoms with van der Waals surface area (Å²) in [7, 11) is 0. The number of hydrogen-bond donors (Lipinski definition) is 2. The Bertz CT molecular complexity index is 485. The fourth-order valence-corrected chi connectivity index (χ4v) is 2.80. The molecular formula is C15H18F3NO2. The standard InChI is InChI=1S/C15H18F3NO2/c16-15(17,18)12-3-1-10(2-4-12)7-13-8-11(5-6-19-13)9-14(20)21/h1-4,11,13,19H,5-9H2,(H,20,21). The van der Waals surface area contributed by atoms with E-state index in [9.17, 15) is 18.0 Å². The van der Waals surface area contributed by atoms with Gasteiger partial charge in [0, 0.05) is 12.5 Å². The molecular weight excluding hydrogens is 283 g/mol. The quantitative estimate of drug-likeness (QED) is 0.898. The molecule has 1 aliphatic heterocycles. The van der Waals surface area contributed by atoms with E-state index in [1.165, 1.54) is 12.1 Å². The highest BCUT2D eigenvalue weighted by Crippen LogP contribution is 2.29. The van der Waals surface area contributed by atoms with E-state index in [1.54, 1.807) is 0 Å². The summed E-state index contributed by atoms with van der Waals surface area (Å²) in [4.78, 5) is 10.7. The molecule has 0 amide bonds. The van der Waals surface area contributed by atoms with E-state index in [0.717, 1.165) is 37.1 Å². The molecule has 1 aliphatic rings. The van der Waals surface area contributed by atoms with Gasteiger partial charge in [-0.25, -0.2) is 0 Å². The maximum absolute atomic E-state index is 12.5. The lowest BCUT2D eigenvalue weighted by atomic mass is 9.87. The zero-order valence-corrected chi connectivity index (χ0v) is 11.5. The first-order valence-electron chi connectivity index (χ1n) is 6.96. The van der Waals surface area contributed by atoms with Gasteiger partial charge >= 0.3 is 12.1 Å². The van der Waals surface area contributed by atoms with Crippen molar-refractivity contribution in [3.05, 3.63) is 35.4 Å². The predicted molar refractivity (Wildman–Crippen MR) is 71.9 cm³/mol. The molecule has 116 valence electrons. The molecule has 1 heterocycles. The summed E-state index contributed by atoms with van der Waals surface area (Å²) >= 11 is 0. The van der Waals surface area contributed by atoms with E-state index in [0.29, 0.717) is 6.42 Å². The first-order chi connectivity index (χ1) is 9.84. The highest BCUT2D eigenvalue weighted by Gasteiger charge is 2.30. The fourth-order valence-electron chi connectivity index (χ4n) is 2.80. The van der Waals surface area contributed by atoms with E-state index in [-0.39, 0.29) is 18.4 Å². The summed E-state index contributed by atoms with van der Waals surface area (Å²) < 4.78 is 37.4. The lowest BCUT2D eigenvalue weighted by Crippen LogP contribution is -2.40. The van der Waals surface area contributed by atoms with Crippen LogP contribution in [0.3, 0.4) is 0 Å². The van der Waals surface area contributed by atoms with Gasteiger partial charge in [0.25, 0.3) is 0 Å². The van der Waals surface area contributed by atoms with Crippen LogP contribution >= 0.6 is 0 Å². The van der Waals surface area contributed by atoms with E-state index < -0.39 is 17.7 Å². The third-order valence-corrected chi connectivity index (χ3v) is 3.83. The third kappa shape index (κ3) is 4.74. The van der Waals surface area contributed by atoms with Gasteiger partial charge in [0.1, 0.15) is 0 Å². The van der Waals surface area contributed by atoms with Crippen LogP contribution in [0.15, 0.2) is 24.3 Å². The van der Waals surface area contributed by atoms with Gasteiger partial charge in [-0.05, 0) is 49.4 Å². The summed E-state index contributed by atoms with van der Waals surface area (Å²) in [5, 5.41) is 12.1. The summed E-state index contributed by atoms with van der Waals surface area (Å²) in [5.41, 5.74) is 0.183. The van der Waals surface area contributed by atoms with Crippen molar-refractivity contribution in [2.24, 2.45) is 5.92 Å². The Kier molecular flexibility index (Phi) is 4.88. The number of rotatable bonds is 4. The average Bonchev–Trinajstić information content (AvgIpc) is 2.38. The van der Waals surface area contributed by atoms with Crippen molar-refractivity contribution in [3.63, 3.8) is 0 Å². The van der Waals surface area contributed by atoms with Gasteiger partial charge < -0.3 is 10.4 Å². The van der Waals surface area contributed by atoms with Crippen LogP contribution in [0.2, 0.25) is 0 Å². The normalized spacial score (nSPS) is 23.0. The molecule has 0 aliphatic carbocycles. The Morgan fingerprint density at radius 2 is 1.95 bits per heavy atom. The highest BCUT2D eigenvalue weighted by atomic mass is 19.4. The molecule has 0 radical (unpaired) electrons. The van der Waals surface area contributed by atoms with Crippen LogP contribution in [0.25, 0.3) is 0 Å². The van der Waals surface area contributed by atoms with Gasteiger partial charge in [-0.3, -0.25) is 4.79 Å². The highest BCUT2D eigenvalue weighted by molar-refractivity contribution is 5.67. The van der Waals surface area contributed by atoms with Crippen LogP contribution in [0.5, 0.6) is 0 Å². The van der Waals surface area contributed by atoms with E-state index in [2.05, 4.69) is 5.32 Å². The van der Waals surface area contributed by atoms with E-state index in [1.807, 2.05) is 0 Å². The van der Waals surface area contributed by atoms with Crippen LogP contribution in [-0.4, -0.2) is 23.7 Å². The Hall–Kier alpha value is -1.56. The molecule has 21 heavy (non-hydrogen) atoms. The van der Waals surface area contributed by atoms with Gasteiger partial charge in [-0.15, -0.1) is 0 Å². The number of halogens is 3. The van der Waals surface area contributed by atoms with Gasteiger partial charge in [0.2, 0.25) is 0 Å². The van der Waals surface area contributed by atoms with Crippen molar-refractivity contribution in [2.45, 2.75) is 37.9 Å². The van der Waals surface area contributed by atoms with Crippen LogP contribution in [0, 0.1) is 5.92 Å². The second kappa shape index (κ2) is 6.47. The molecule has 0 spiro atoms. The Morgan fingerprint density at radius 1 is 1.29 bits per heavy atom. The predicted octanol–water partition coefficient (Wildman–Crippen LogP) is 3.09. The Labute approximate surface area is 121 Å². The number of benzene rings is 1. The molecule has 2 unspecified atom stereocenters. The fraction of sp³-hybridized carbons (Fsp3) is 0.533. The monoisotopic (exact) mass is 301 g/mol. The number of aliphatic carboxylic acids is 1. The Balaban J connectivity index is 1.93. The zero-order valence-electron chi connectivity index (χ0n) is 11.5. The number of piperidine rings is 1. The van der Waals surface area contributed by atoms with Crippen molar-refractivity contribution in [3.8, 4) is 0 Å². The molecule has 0 saturated carbocycles. The number of carboxylic acids is 1. The van der Waals surface area contributed by atoms with Crippen LogP contribution in [-0.2, 0) is 17.4 Å². The van der Waals surface area contributed by atoms with E-state index >= 15 is 0 Å². The minimum absolute atomic E-state index is 0.125. The molecule has 1 saturated heterocycles. The molecule has 6 heteroatoms. The molecule has 2 rings (SSSR count). The molecule has 0 bridgehead atoms. The molecule has 0 aromatic heterocycles. The van der Waals surface area contributed by atoms with Gasteiger partial charge in [-0.1, -0.05) is 12.1 Å². The minimum Gasteiger partial charge on any atom is -0.481 e. The SMILES string of the molecule is O=C(O)CC1CCNC(Cc2ccc(C(F)(F)F)cc2)C1. The van der Waals surface area contributed by atoms with Crippen molar-refractivity contribution in [1.29, 1.82) is 0 Å². The van der Waals surface area contributed by atoms with Crippen LogP contribution in [0.4, 0.5) is 13.2 Å². The van der Waals surface area contributed by atoms with Crippen molar-refractivity contribution >= 4 is 5.97 Å². The maximum Gasteiger partial charge on any atom is 0.416 e. The molecule has 2 N–H and O–H groups in total. The first kappa shape index (κ1) is 15.8. The number of carbonyl (C=O) groups is 1. The third-order valence-electron chi connectivity index (χ3n) is 3.83. The molecule has 3 nitrogen and oxygen atoms in total. The van der Waals surface area contributed by atoms with Crippen LogP contribution in [0.1, 0.15) is 30.4 Å². The Morgan fingerprint density at radius 3 is 2.52 bits per heavy atom. The average molecular weight is 301 g/mol. The second-order valence-corrected chi connectivity index (χ2v) is 5.54. The second-order valence-electron chi connectivity index (χ2n) is 5.54. The number of carboxylic acid groups (broad SMARTS) is 1. The minimum atomic E-state index is -4.31. The van der Waals surface area contributed by atoms with Gasteiger partial charge in [0.15, 0.2) is 0 Å². The van der Waals surface area contributed by atoms with Gasteiger partial charge in [-0.2, -0.15) is 13.2 Å². The van der Waals surface area contributed by atoms with Crippen molar-refractivity contribution < 1.29 is 23.1 Å². The lowest BCUT2D eigenvalue weighted by molar-refractivity contribution is -0.139. The zero-order chi connectivity index (χ0) is 15.5. The number of alkyl halides is 3. The largest absolute Gasteiger partial charge is 0.481 e. The van der Waals surface area contributed by atoms with Gasteiger partial charge in [0.05, 0.1) is 5.56 Å². The number of nitrogens with one attached hydrogen (secondary N) is 1. The van der Waals surface area contributed by atoms with Crippen LogP contribution < -0.4 is 5.32 Å². The van der Waals surface area contributed by atoms with E-state index in [4.69, 9.17) is 5.11 Å². The number of hydrogen-bond acceptors (Lipinski definition) is 2. The summed E-state index contributed by atoms with van der Waals surface area (Å²) in [6.45, 7) is 0.753. The summed E-state index contributed by atoms with van der Waals surface area (Å²) in [5.74, 6) is -0.654. The van der Waals surface area contributed by atoms with Crippen molar-refractivity contribution in [2.75, 3.05) is 6.54 Å². The summed E-state index contributed by atoms with van der Waals surface area (Å²) in [6.07, 6.45) is -1.96. The lowest BCUT2D eigenvalue weighted by Gasteiger charge is -2.29. The maximum atomic E-state index is 12.5.